The van der Waals surface area contributed by atoms with E-state index in [0.717, 1.165) is 42.4 Å². The van der Waals surface area contributed by atoms with Crippen LogP contribution < -0.4 is 10.6 Å². The molecule has 3 atom stereocenters. The molecule has 190 valence electrons. The quantitative estimate of drug-likeness (QED) is 0.422. The summed E-state index contributed by atoms with van der Waals surface area (Å²) < 4.78 is 5.35. The van der Waals surface area contributed by atoms with Crippen molar-refractivity contribution >= 4 is 30.5 Å². The fourth-order valence-electron chi connectivity index (χ4n) is 4.12. The number of rotatable bonds is 10. The zero-order valence-corrected chi connectivity index (χ0v) is 22.5. The highest BCUT2D eigenvalue weighted by molar-refractivity contribution is 7.80. The maximum Gasteiger partial charge on any atom is 0.408 e. The zero-order chi connectivity index (χ0) is 25.6. The molecule has 1 fully saturated rings. The van der Waals surface area contributed by atoms with Crippen LogP contribution in [0.5, 0.6) is 0 Å². The van der Waals surface area contributed by atoms with Gasteiger partial charge in [0, 0.05) is 17.8 Å². The van der Waals surface area contributed by atoms with Crippen LogP contribution in [0.2, 0.25) is 0 Å². The number of carbonyl (C=O) groups excluding carboxylic acids is 3. The molecule has 1 aliphatic carbocycles. The van der Waals surface area contributed by atoms with Gasteiger partial charge in [0.1, 0.15) is 17.7 Å². The highest BCUT2D eigenvalue weighted by atomic mass is 32.1. The number of hydrogen-bond acceptors (Lipinski definition) is 5. The van der Waals surface area contributed by atoms with Gasteiger partial charge in [-0.3, -0.25) is 9.59 Å². The van der Waals surface area contributed by atoms with Gasteiger partial charge in [-0.05, 0) is 66.4 Å². The number of aryl methyl sites for hydroxylation is 2. The van der Waals surface area contributed by atoms with Crippen LogP contribution in [0.15, 0.2) is 18.2 Å². The average Bonchev–Trinajstić information content (AvgIpc) is 3.52. The summed E-state index contributed by atoms with van der Waals surface area (Å²) in [4.78, 5) is 41.5. The number of hydrogen-bond donors (Lipinski definition) is 3. The van der Waals surface area contributed by atoms with E-state index in [2.05, 4.69) is 30.2 Å². The van der Waals surface area contributed by atoms with Crippen molar-refractivity contribution in [3.8, 4) is 0 Å². The topological polar surface area (TPSA) is 87.7 Å². The van der Waals surface area contributed by atoms with Gasteiger partial charge in [-0.15, -0.1) is 0 Å². The molecule has 2 rings (SSSR count). The van der Waals surface area contributed by atoms with Gasteiger partial charge in [-0.2, -0.15) is 12.6 Å². The Morgan fingerprint density at radius 2 is 1.71 bits per heavy atom. The minimum atomic E-state index is -0.909. The van der Waals surface area contributed by atoms with Crippen LogP contribution in [0.3, 0.4) is 0 Å². The fourth-order valence-corrected chi connectivity index (χ4v) is 4.37. The Morgan fingerprint density at radius 1 is 1.12 bits per heavy atom. The van der Waals surface area contributed by atoms with Crippen LogP contribution in [0.4, 0.5) is 4.79 Å². The number of ether oxygens (including phenoxy) is 1. The van der Waals surface area contributed by atoms with E-state index < -0.39 is 23.8 Å². The van der Waals surface area contributed by atoms with Crippen molar-refractivity contribution in [1.29, 1.82) is 0 Å². The van der Waals surface area contributed by atoms with Gasteiger partial charge in [0.05, 0.1) is 0 Å². The number of amides is 3. The Kier molecular flexibility index (Phi) is 9.85. The molecule has 2 N–H and O–H groups in total. The summed E-state index contributed by atoms with van der Waals surface area (Å²) in [6, 6.07) is 4.19. The predicted octanol–water partition coefficient (Wildman–Crippen LogP) is 4.46. The maximum absolute atomic E-state index is 13.8. The Balaban J connectivity index is 2.42. The first-order valence-electron chi connectivity index (χ1n) is 12.2. The number of thiol groups is 1. The van der Waals surface area contributed by atoms with Crippen LogP contribution >= 0.6 is 12.6 Å². The third-order valence-corrected chi connectivity index (χ3v) is 5.93. The van der Waals surface area contributed by atoms with Crippen molar-refractivity contribution in [2.24, 2.45) is 0 Å². The first-order valence-corrected chi connectivity index (χ1v) is 12.8. The fraction of sp³-hybridized carbons (Fsp3) is 0.654. The molecule has 34 heavy (non-hydrogen) atoms. The summed E-state index contributed by atoms with van der Waals surface area (Å²) in [6.45, 7) is 13.3. The number of carbonyl (C=O) groups is 3. The summed E-state index contributed by atoms with van der Waals surface area (Å²) in [7, 11) is 0. The number of nitrogens with one attached hydrogen (secondary N) is 2. The maximum atomic E-state index is 13.8. The lowest BCUT2D eigenvalue weighted by Crippen LogP contribution is -2.55. The largest absolute Gasteiger partial charge is 0.444 e. The molecule has 0 saturated heterocycles. The predicted molar refractivity (Wildman–Crippen MR) is 138 cm³/mol. The normalized spacial score (nSPS) is 16.2. The molecule has 7 nitrogen and oxygen atoms in total. The molecule has 1 aromatic rings. The Hall–Kier alpha value is -2.22. The summed E-state index contributed by atoms with van der Waals surface area (Å²) in [6.07, 6.45) is 2.75. The second kappa shape index (κ2) is 12.0. The van der Waals surface area contributed by atoms with Crippen LogP contribution in [0.1, 0.15) is 83.0 Å². The van der Waals surface area contributed by atoms with Gasteiger partial charge in [-0.25, -0.2) is 4.79 Å². The Bertz CT molecular complexity index is 859. The third kappa shape index (κ3) is 8.22. The molecule has 0 radical (unpaired) electrons. The zero-order valence-electron chi connectivity index (χ0n) is 21.6. The first kappa shape index (κ1) is 28.0. The molecule has 1 saturated carbocycles. The second-order valence-corrected chi connectivity index (χ2v) is 10.7. The van der Waals surface area contributed by atoms with Gasteiger partial charge in [0.25, 0.3) is 0 Å². The highest BCUT2D eigenvalue weighted by Gasteiger charge is 2.44. The lowest BCUT2D eigenvalue weighted by molar-refractivity contribution is -0.143. The number of alkyl carbamates (subject to hydrolysis) is 1. The lowest BCUT2D eigenvalue weighted by Gasteiger charge is -2.35. The van der Waals surface area contributed by atoms with Crippen molar-refractivity contribution in [2.75, 3.05) is 5.75 Å². The summed E-state index contributed by atoms with van der Waals surface area (Å²) in [5.74, 6) is -0.443. The van der Waals surface area contributed by atoms with Gasteiger partial charge >= 0.3 is 6.09 Å². The van der Waals surface area contributed by atoms with Crippen molar-refractivity contribution in [2.45, 2.75) is 104 Å². The molecule has 0 heterocycles. The average molecular weight is 492 g/mol. The minimum absolute atomic E-state index is 0.0115. The van der Waals surface area contributed by atoms with E-state index >= 15 is 0 Å². The standard InChI is InChI=1S/C26H41N3O4S/c1-8-9-18(4)27-23(30)22(19-13-16(2)12-17(3)14-19)29(20-10-11-20)24(31)21(15-34)28-25(32)33-26(5,6)7/h12-14,18,20-22,34H,8-11,15H2,1-7H3,(H,27,30)(H,28,32). The van der Waals surface area contributed by atoms with Crippen LogP contribution in [-0.4, -0.2) is 52.3 Å². The molecule has 0 bridgehead atoms. The lowest BCUT2D eigenvalue weighted by atomic mass is 9.98. The van der Waals surface area contributed by atoms with Gasteiger partial charge in [-0.1, -0.05) is 42.7 Å². The molecule has 0 spiro atoms. The smallest absolute Gasteiger partial charge is 0.408 e. The van der Waals surface area contributed by atoms with E-state index in [1.807, 2.05) is 39.0 Å². The summed E-state index contributed by atoms with van der Waals surface area (Å²) >= 11 is 4.33. The van der Waals surface area contributed by atoms with Crippen molar-refractivity contribution in [3.63, 3.8) is 0 Å². The molecule has 1 aliphatic rings. The minimum Gasteiger partial charge on any atom is -0.444 e. The van der Waals surface area contributed by atoms with E-state index in [0.29, 0.717) is 0 Å². The molecular formula is C26H41N3O4S. The number of benzene rings is 1. The molecule has 0 aliphatic heterocycles. The van der Waals surface area contributed by atoms with Crippen molar-refractivity contribution < 1.29 is 19.1 Å². The molecular weight excluding hydrogens is 450 g/mol. The molecule has 3 unspecified atom stereocenters. The SMILES string of the molecule is CCCC(C)NC(=O)C(c1cc(C)cc(C)c1)N(C(=O)C(CS)NC(=O)OC(C)(C)C)C1CC1. The van der Waals surface area contributed by atoms with Crippen molar-refractivity contribution in [1.82, 2.24) is 15.5 Å². The number of nitrogens with zero attached hydrogens (tertiary/aromatic N) is 1. The van der Waals surface area contributed by atoms with Gasteiger partial charge in [0.2, 0.25) is 11.8 Å². The van der Waals surface area contributed by atoms with Crippen LogP contribution in [0, 0.1) is 13.8 Å². The van der Waals surface area contributed by atoms with Gasteiger partial charge in [0.15, 0.2) is 0 Å². The first-order chi connectivity index (χ1) is 15.9. The van der Waals surface area contributed by atoms with Crippen LogP contribution in [0.25, 0.3) is 0 Å². The van der Waals surface area contributed by atoms with E-state index in [1.54, 1.807) is 25.7 Å². The van der Waals surface area contributed by atoms with Gasteiger partial charge < -0.3 is 20.3 Å². The monoisotopic (exact) mass is 491 g/mol. The Labute approximate surface area is 209 Å². The molecule has 1 aromatic carbocycles. The summed E-state index contributed by atoms with van der Waals surface area (Å²) in [5, 5.41) is 5.76. The third-order valence-electron chi connectivity index (χ3n) is 5.56. The van der Waals surface area contributed by atoms with E-state index in [9.17, 15) is 14.4 Å². The molecule has 8 heteroatoms. The van der Waals surface area contributed by atoms with Crippen molar-refractivity contribution in [3.05, 3.63) is 34.9 Å². The van der Waals surface area contributed by atoms with E-state index in [4.69, 9.17) is 4.74 Å². The Morgan fingerprint density at radius 3 is 2.18 bits per heavy atom. The molecule has 0 aromatic heterocycles. The molecule has 3 amide bonds. The highest BCUT2D eigenvalue weighted by Crippen LogP contribution is 2.36. The van der Waals surface area contributed by atoms with Crippen LogP contribution in [-0.2, 0) is 14.3 Å². The second-order valence-electron chi connectivity index (χ2n) is 10.4. The summed E-state index contributed by atoms with van der Waals surface area (Å²) in [5.41, 5.74) is 2.13. The van der Waals surface area contributed by atoms with E-state index in [1.165, 1.54) is 0 Å². The van der Waals surface area contributed by atoms with E-state index in [-0.39, 0.29) is 29.7 Å².